The van der Waals surface area contributed by atoms with Crippen LogP contribution >= 0.6 is 0 Å². The first-order chi connectivity index (χ1) is 6.54. The van der Waals surface area contributed by atoms with E-state index in [0.29, 0.717) is 12.8 Å². The van der Waals surface area contributed by atoms with E-state index in [4.69, 9.17) is 0 Å². The summed E-state index contributed by atoms with van der Waals surface area (Å²) < 4.78 is 22.9. The van der Waals surface area contributed by atoms with Gasteiger partial charge in [0.25, 0.3) is 0 Å². The van der Waals surface area contributed by atoms with Gasteiger partial charge in [-0.1, -0.05) is 18.2 Å². The number of para-hydroxylation sites is 1. The second-order valence-electron chi connectivity index (χ2n) is 3.76. The quantitative estimate of drug-likeness (QED) is 0.826. The smallest absolute Gasteiger partial charge is 0.171 e. The Balaban J connectivity index is 2.21. The van der Waals surface area contributed by atoms with E-state index in [-0.39, 0.29) is 0 Å². The summed E-state index contributed by atoms with van der Waals surface area (Å²) in [4.78, 5) is -0.686. The molecule has 0 amide bonds. The zero-order chi connectivity index (χ0) is 10.2. The van der Waals surface area contributed by atoms with E-state index in [0.717, 1.165) is 5.69 Å². The molecular formula is C10H13NO2S. The average Bonchev–Trinajstić information content (AvgIpc) is 2.86. The predicted molar refractivity (Wildman–Crippen MR) is 56.9 cm³/mol. The maximum Gasteiger partial charge on any atom is 0.171 e. The molecule has 0 aliphatic heterocycles. The molecule has 2 rings (SSSR count). The second kappa shape index (κ2) is 2.98. The second-order valence-corrected chi connectivity index (χ2v) is 6.08. The van der Waals surface area contributed by atoms with Crippen molar-refractivity contribution in [1.29, 1.82) is 0 Å². The van der Waals surface area contributed by atoms with Gasteiger partial charge in [-0.2, -0.15) is 0 Å². The molecule has 14 heavy (non-hydrogen) atoms. The number of hydrogen-bond acceptors (Lipinski definition) is 3. The van der Waals surface area contributed by atoms with Gasteiger partial charge in [0.1, 0.15) is 4.87 Å². The fraction of sp³-hybridized carbons (Fsp3) is 0.400. The lowest BCUT2D eigenvalue weighted by molar-refractivity contribution is 0.589. The van der Waals surface area contributed by atoms with Gasteiger partial charge in [-0.15, -0.1) is 0 Å². The maximum absolute atomic E-state index is 11.5. The Morgan fingerprint density at radius 3 is 2.21 bits per heavy atom. The molecule has 0 saturated heterocycles. The number of sulfone groups is 1. The highest BCUT2D eigenvalue weighted by Gasteiger charge is 2.52. The molecule has 1 N–H and O–H groups in total. The minimum atomic E-state index is -3.00. The maximum atomic E-state index is 11.5. The van der Waals surface area contributed by atoms with Crippen molar-refractivity contribution in [3.8, 4) is 0 Å². The molecule has 1 fully saturated rings. The summed E-state index contributed by atoms with van der Waals surface area (Å²) in [5.41, 5.74) is 0.871. The molecule has 1 saturated carbocycles. The Hall–Kier alpha value is -1.03. The lowest BCUT2D eigenvalue weighted by atomic mass is 10.3. The first-order valence-electron chi connectivity index (χ1n) is 4.56. The largest absolute Gasteiger partial charge is 0.367 e. The average molecular weight is 211 g/mol. The van der Waals surface area contributed by atoms with Crippen LogP contribution in [0.15, 0.2) is 30.3 Å². The van der Waals surface area contributed by atoms with Crippen molar-refractivity contribution in [1.82, 2.24) is 0 Å². The summed E-state index contributed by atoms with van der Waals surface area (Å²) in [6, 6.07) is 9.45. The Morgan fingerprint density at radius 1 is 1.21 bits per heavy atom. The Kier molecular flexibility index (Phi) is 2.03. The van der Waals surface area contributed by atoms with Gasteiger partial charge >= 0.3 is 0 Å². The summed E-state index contributed by atoms with van der Waals surface area (Å²) in [5, 5.41) is 3.08. The first kappa shape index (κ1) is 9.52. The molecule has 1 aliphatic carbocycles. The molecule has 3 nitrogen and oxygen atoms in total. The molecular weight excluding hydrogens is 198 g/mol. The van der Waals surface area contributed by atoms with E-state index in [1.807, 2.05) is 30.3 Å². The Labute approximate surface area is 84.1 Å². The van der Waals surface area contributed by atoms with E-state index in [2.05, 4.69) is 5.32 Å². The van der Waals surface area contributed by atoms with E-state index >= 15 is 0 Å². The van der Waals surface area contributed by atoms with E-state index in [1.165, 1.54) is 6.26 Å². The third-order valence-corrected chi connectivity index (χ3v) is 4.49. The van der Waals surface area contributed by atoms with Crippen LogP contribution in [0.5, 0.6) is 0 Å². The van der Waals surface area contributed by atoms with Gasteiger partial charge < -0.3 is 5.32 Å². The van der Waals surface area contributed by atoms with Gasteiger partial charge in [-0.05, 0) is 25.0 Å². The number of benzene rings is 1. The molecule has 1 aliphatic rings. The molecule has 0 radical (unpaired) electrons. The summed E-state index contributed by atoms with van der Waals surface area (Å²) in [5.74, 6) is 0. The van der Waals surface area contributed by atoms with Crippen molar-refractivity contribution < 1.29 is 8.42 Å². The third-order valence-electron chi connectivity index (χ3n) is 2.56. The van der Waals surface area contributed by atoms with Crippen molar-refractivity contribution in [3.63, 3.8) is 0 Å². The number of rotatable bonds is 3. The molecule has 0 unspecified atom stereocenters. The van der Waals surface area contributed by atoms with Crippen LogP contribution in [-0.2, 0) is 9.84 Å². The molecule has 0 heterocycles. The summed E-state index contributed by atoms with van der Waals surface area (Å²) in [7, 11) is -3.00. The van der Waals surface area contributed by atoms with Crippen LogP contribution in [0.25, 0.3) is 0 Å². The Morgan fingerprint density at radius 2 is 1.79 bits per heavy atom. The summed E-state index contributed by atoms with van der Waals surface area (Å²) in [6.07, 6.45) is 2.71. The van der Waals surface area contributed by atoms with Crippen LogP contribution < -0.4 is 5.32 Å². The highest BCUT2D eigenvalue weighted by Crippen LogP contribution is 2.43. The first-order valence-corrected chi connectivity index (χ1v) is 6.45. The van der Waals surface area contributed by atoms with Gasteiger partial charge in [-0.25, -0.2) is 8.42 Å². The topological polar surface area (TPSA) is 46.2 Å². The molecule has 1 aromatic rings. The van der Waals surface area contributed by atoms with E-state index < -0.39 is 14.7 Å². The fourth-order valence-corrected chi connectivity index (χ4v) is 2.63. The van der Waals surface area contributed by atoms with Crippen molar-refractivity contribution in [2.45, 2.75) is 17.7 Å². The highest BCUT2D eigenvalue weighted by molar-refractivity contribution is 7.92. The van der Waals surface area contributed by atoms with Gasteiger partial charge in [0.2, 0.25) is 0 Å². The highest BCUT2D eigenvalue weighted by atomic mass is 32.2. The SMILES string of the molecule is CS(=O)(=O)C1(Nc2ccccc2)CC1. The zero-order valence-corrected chi connectivity index (χ0v) is 8.84. The molecule has 0 aromatic heterocycles. The lowest BCUT2D eigenvalue weighted by Crippen LogP contribution is -2.30. The van der Waals surface area contributed by atoms with E-state index in [9.17, 15) is 8.42 Å². The number of hydrogen-bond donors (Lipinski definition) is 1. The molecule has 76 valence electrons. The standard InChI is InChI=1S/C10H13NO2S/c1-14(12,13)10(7-8-10)11-9-5-3-2-4-6-9/h2-6,11H,7-8H2,1H3. The normalized spacial score (nSPS) is 18.9. The van der Waals surface area contributed by atoms with Crippen molar-refractivity contribution in [2.75, 3.05) is 11.6 Å². The fourth-order valence-electron chi connectivity index (χ4n) is 1.49. The molecule has 4 heteroatoms. The zero-order valence-electron chi connectivity index (χ0n) is 8.03. The van der Waals surface area contributed by atoms with Gasteiger partial charge in [0.15, 0.2) is 9.84 Å². The third kappa shape index (κ3) is 1.62. The minimum Gasteiger partial charge on any atom is -0.367 e. The molecule has 0 spiro atoms. The Bertz CT molecular complexity index is 421. The van der Waals surface area contributed by atoms with Crippen LogP contribution in [0.3, 0.4) is 0 Å². The van der Waals surface area contributed by atoms with Gasteiger partial charge in [0, 0.05) is 11.9 Å². The van der Waals surface area contributed by atoms with Crippen LogP contribution in [0, 0.1) is 0 Å². The van der Waals surface area contributed by atoms with Crippen LogP contribution in [0.4, 0.5) is 5.69 Å². The van der Waals surface area contributed by atoms with Gasteiger partial charge in [0.05, 0.1) is 0 Å². The summed E-state index contributed by atoms with van der Waals surface area (Å²) in [6.45, 7) is 0. The van der Waals surface area contributed by atoms with Crippen molar-refractivity contribution in [3.05, 3.63) is 30.3 Å². The van der Waals surface area contributed by atoms with Crippen molar-refractivity contribution in [2.24, 2.45) is 0 Å². The predicted octanol–water partition coefficient (Wildman–Crippen LogP) is 1.63. The number of nitrogens with one attached hydrogen (secondary N) is 1. The minimum absolute atomic E-state index is 0.686. The summed E-state index contributed by atoms with van der Waals surface area (Å²) >= 11 is 0. The number of anilines is 1. The lowest BCUT2D eigenvalue weighted by Gasteiger charge is -2.16. The van der Waals surface area contributed by atoms with Crippen LogP contribution in [0.2, 0.25) is 0 Å². The molecule has 1 aromatic carbocycles. The van der Waals surface area contributed by atoms with Crippen LogP contribution in [-0.4, -0.2) is 19.5 Å². The monoisotopic (exact) mass is 211 g/mol. The van der Waals surface area contributed by atoms with Gasteiger partial charge in [-0.3, -0.25) is 0 Å². The molecule has 0 atom stereocenters. The molecule has 0 bridgehead atoms. The van der Waals surface area contributed by atoms with E-state index in [1.54, 1.807) is 0 Å². The van der Waals surface area contributed by atoms with Crippen molar-refractivity contribution >= 4 is 15.5 Å². The van der Waals surface area contributed by atoms with Crippen LogP contribution in [0.1, 0.15) is 12.8 Å².